The molecule has 1 aliphatic heterocycles. The van der Waals surface area contributed by atoms with Crippen LogP contribution in [0, 0.1) is 5.41 Å². The van der Waals surface area contributed by atoms with Gasteiger partial charge in [-0.15, -0.1) is 0 Å². The lowest BCUT2D eigenvalue weighted by atomic mass is 10.1. The van der Waals surface area contributed by atoms with Crippen LogP contribution in [0.5, 0.6) is 0 Å². The molecule has 2 nitrogen and oxygen atoms in total. The first kappa shape index (κ1) is 8.91. The second-order valence-electron chi connectivity index (χ2n) is 2.76. The van der Waals surface area contributed by atoms with Crippen molar-refractivity contribution in [3.63, 3.8) is 0 Å². The second-order valence-corrected chi connectivity index (χ2v) is 4.19. The van der Waals surface area contributed by atoms with Crippen molar-refractivity contribution in [3.8, 4) is 0 Å². The first-order valence-electron chi connectivity index (χ1n) is 3.89. The van der Waals surface area contributed by atoms with Crippen molar-refractivity contribution in [1.29, 1.82) is 5.41 Å². The van der Waals surface area contributed by atoms with Gasteiger partial charge in [0.15, 0.2) is 0 Å². The number of nitrogens with one attached hydrogen (secondary N) is 1. The number of rotatable bonds is 1. The molecule has 4 heteroatoms. The predicted octanol–water partition coefficient (Wildman–Crippen LogP) is 3.08. The molecule has 1 atom stereocenters. The van der Waals surface area contributed by atoms with E-state index in [4.69, 9.17) is 21.7 Å². The highest BCUT2D eigenvalue weighted by Crippen LogP contribution is 2.31. The Morgan fingerprint density at radius 2 is 2.08 bits per heavy atom. The van der Waals surface area contributed by atoms with Crippen molar-refractivity contribution in [2.45, 2.75) is 6.10 Å². The molecule has 1 aromatic carbocycles. The molecule has 1 N–H and O–H groups in total. The van der Waals surface area contributed by atoms with Crippen LogP contribution >= 0.6 is 23.4 Å². The molecule has 1 aromatic rings. The minimum Gasteiger partial charge on any atom is -0.464 e. The lowest BCUT2D eigenvalue weighted by Gasteiger charge is -2.08. The van der Waals surface area contributed by atoms with E-state index in [0.717, 1.165) is 16.3 Å². The maximum Gasteiger partial charge on any atom is 0.243 e. The summed E-state index contributed by atoms with van der Waals surface area (Å²) < 4.78 is 5.29. The highest BCUT2D eigenvalue weighted by molar-refractivity contribution is 8.13. The molecule has 0 bridgehead atoms. The van der Waals surface area contributed by atoms with E-state index in [9.17, 15) is 0 Å². The quantitative estimate of drug-likeness (QED) is 0.778. The van der Waals surface area contributed by atoms with Crippen molar-refractivity contribution in [1.82, 2.24) is 0 Å². The largest absolute Gasteiger partial charge is 0.464 e. The smallest absolute Gasteiger partial charge is 0.243 e. The molecule has 0 spiro atoms. The summed E-state index contributed by atoms with van der Waals surface area (Å²) in [6.45, 7) is 0. The molecule has 0 radical (unpaired) electrons. The average Bonchev–Trinajstić information content (AvgIpc) is 2.53. The minimum absolute atomic E-state index is 0.0229. The zero-order valence-corrected chi connectivity index (χ0v) is 8.36. The Balaban J connectivity index is 2.17. The minimum atomic E-state index is 0.0229. The SMILES string of the molecule is N=C1OC(c2ccc(Cl)cc2)CS1. The van der Waals surface area contributed by atoms with Crippen LogP contribution in [-0.2, 0) is 4.74 Å². The molecule has 2 rings (SSSR count). The van der Waals surface area contributed by atoms with Crippen LogP contribution in [0.3, 0.4) is 0 Å². The number of ether oxygens (including phenoxy) is 1. The third-order valence-electron chi connectivity index (χ3n) is 1.86. The fraction of sp³-hybridized carbons (Fsp3) is 0.222. The molecule has 0 saturated carbocycles. The van der Waals surface area contributed by atoms with Crippen molar-refractivity contribution in [2.24, 2.45) is 0 Å². The van der Waals surface area contributed by atoms with E-state index < -0.39 is 0 Å². The van der Waals surface area contributed by atoms with Gasteiger partial charge in [-0.05, 0) is 17.7 Å². The molecular formula is C9H8ClNOS. The van der Waals surface area contributed by atoms with E-state index in [1.54, 1.807) is 0 Å². The van der Waals surface area contributed by atoms with Gasteiger partial charge < -0.3 is 4.74 Å². The fourth-order valence-electron chi connectivity index (χ4n) is 1.19. The summed E-state index contributed by atoms with van der Waals surface area (Å²) in [4.78, 5) is 0. The summed E-state index contributed by atoms with van der Waals surface area (Å²) in [6.07, 6.45) is 0.0229. The van der Waals surface area contributed by atoms with Gasteiger partial charge in [0.25, 0.3) is 0 Å². The van der Waals surface area contributed by atoms with Gasteiger partial charge in [-0.1, -0.05) is 35.5 Å². The van der Waals surface area contributed by atoms with E-state index in [1.165, 1.54) is 11.8 Å². The second kappa shape index (κ2) is 3.60. The number of thioether (sulfide) groups is 1. The first-order chi connectivity index (χ1) is 6.25. The maximum absolute atomic E-state index is 7.29. The van der Waals surface area contributed by atoms with E-state index in [0.29, 0.717) is 5.23 Å². The Morgan fingerprint density at radius 1 is 1.38 bits per heavy atom. The summed E-state index contributed by atoms with van der Waals surface area (Å²) >= 11 is 7.19. The van der Waals surface area contributed by atoms with Crippen LogP contribution in [0.1, 0.15) is 11.7 Å². The van der Waals surface area contributed by atoms with E-state index in [-0.39, 0.29) is 6.10 Å². The third kappa shape index (κ3) is 1.98. The summed E-state index contributed by atoms with van der Waals surface area (Å²) in [5.41, 5.74) is 1.08. The van der Waals surface area contributed by atoms with E-state index in [1.807, 2.05) is 24.3 Å². The molecule has 1 heterocycles. The summed E-state index contributed by atoms with van der Waals surface area (Å²) in [5.74, 6) is 0.820. The van der Waals surface area contributed by atoms with Crippen molar-refractivity contribution < 1.29 is 4.74 Å². The molecule has 1 fully saturated rings. The van der Waals surface area contributed by atoms with Gasteiger partial charge >= 0.3 is 0 Å². The molecule has 1 aliphatic rings. The Bertz CT molecular complexity index is 325. The number of hydrogen-bond donors (Lipinski definition) is 1. The lowest BCUT2D eigenvalue weighted by Crippen LogP contribution is -1.99. The van der Waals surface area contributed by atoms with Crippen LogP contribution in [0.4, 0.5) is 0 Å². The highest BCUT2D eigenvalue weighted by atomic mass is 35.5. The van der Waals surface area contributed by atoms with Gasteiger partial charge in [0.2, 0.25) is 5.23 Å². The average molecular weight is 214 g/mol. The van der Waals surface area contributed by atoms with Crippen molar-refractivity contribution in [2.75, 3.05) is 5.75 Å². The lowest BCUT2D eigenvalue weighted by molar-refractivity contribution is 0.234. The zero-order chi connectivity index (χ0) is 9.26. The van der Waals surface area contributed by atoms with Crippen LogP contribution in [0.15, 0.2) is 24.3 Å². The Kier molecular flexibility index (Phi) is 2.47. The van der Waals surface area contributed by atoms with Crippen LogP contribution in [-0.4, -0.2) is 11.0 Å². The summed E-state index contributed by atoms with van der Waals surface area (Å²) in [6, 6.07) is 7.55. The fourth-order valence-corrected chi connectivity index (χ4v) is 2.06. The van der Waals surface area contributed by atoms with Gasteiger partial charge in [0.05, 0.1) is 0 Å². The molecule has 0 amide bonds. The molecule has 13 heavy (non-hydrogen) atoms. The first-order valence-corrected chi connectivity index (χ1v) is 5.25. The van der Waals surface area contributed by atoms with Crippen LogP contribution < -0.4 is 0 Å². The van der Waals surface area contributed by atoms with Crippen molar-refractivity contribution in [3.05, 3.63) is 34.9 Å². The Morgan fingerprint density at radius 3 is 2.62 bits per heavy atom. The molecule has 68 valence electrons. The number of benzene rings is 1. The molecule has 1 saturated heterocycles. The number of halogens is 1. The standard InChI is InChI=1S/C9H8ClNOS/c10-7-3-1-6(2-4-7)8-5-13-9(11)12-8/h1-4,8,11H,5H2. The molecule has 0 aromatic heterocycles. The van der Waals surface area contributed by atoms with Gasteiger partial charge in [-0.2, -0.15) is 0 Å². The normalized spacial score (nSPS) is 21.6. The van der Waals surface area contributed by atoms with Gasteiger partial charge in [-0.3, -0.25) is 5.41 Å². The zero-order valence-electron chi connectivity index (χ0n) is 6.79. The number of hydrogen-bond acceptors (Lipinski definition) is 3. The molecule has 1 unspecified atom stereocenters. The predicted molar refractivity (Wildman–Crippen MR) is 55.5 cm³/mol. The Hall–Kier alpha value is -0.670. The van der Waals surface area contributed by atoms with E-state index >= 15 is 0 Å². The monoisotopic (exact) mass is 213 g/mol. The van der Waals surface area contributed by atoms with Gasteiger partial charge in [-0.25, -0.2) is 0 Å². The molecule has 0 aliphatic carbocycles. The van der Waals surface area contributed by atoms with Crippen molar-refractivity contribution >= 4 is 28.6 Å². The highest BCUT2D eigenvalue weighted by Gasteiger charge is 2.22. The van der Waals surface area contributed by atoms with E-state index in [2.05, 4.69) is 0 Å². The van der Waals surface area contributed by atoms with Crippen LogP contribution in [0.25, 0.3) is 0 Å². The maximum atomic E-state index is 7.29. The van der Waals surface area contributed by atoms with Gasteiger partial charge in [0.1, 0.15) is 6.10 Å². The topological polar surface area (TPSA) is 33.1 Å². The third-order valence-corrected chi connectivity index (χ3v) is 2.94. The summed E-state index contributed by atoms with van der Waals surface area (Å²) in [5, 5.41) is 8.32. The Labute approximate surface area is 85.7 Å². The summed E-state index contributed by atoms with van der Waals surface area (Å²) in [7, 11) is 0. The molecular weight excluding hydrogens is 206 g/mol. The van der Waals surface area contributed by atoms with Gasteiger partial charge in [0, 0.05) is 10.8 Å². The van der Waals surface area contributed by atoms with Crippen LogP contribution in [0.2, 0.25) is 5.02 Å².